The molecule has 0 spiro atoms. The van der Waals surface area contributed by atoms with Crippen molar-refractivity contribution in [1.29, 1.82) is 0 Å². The number of aromatic amines is 1. The highest BCUT2D eigenvalue weighted by molar-refractivity contribution is 7.89. The number of aromatic nitrogens is 1. The summed E-state index contributed by atoms with van der Waals surface area (Å²) in [5, 5.41) is 0.562. The van der Waals surface area contributed by atoms with Gasteiger partial charge in [0.1, 0.15) is 10.6 Å². The largest absolute Gasteiger partial charge is 0.379 e. The number of ether oxygens (including phenoxy) is 1. The molecule has 2 amide bonds. The number of halogens is 1. The summed E-state index contributed by atoms with van der Waals surface area (Å²) >= 11 is 5.79. The minimum Gasteiger partial charge on any atom is -0.379 e. The number of nitrogens with one attached hydrogen (secondary N) is 3. The maximum atomic E-state index is 12.6. The summed E-state index contributed by atoms with van der Waals surface area (Å²) in [6.07, 6.45) is 1.30. The molecule has 0 unspecified atom stereocenters. The summed E-state index contributed by atoms with van der Waals surface area (Å²) in [6, 6.07) is 7.97. The average Bonchev–Trinajstić information content (AvgIpc) is 3.20. The van der Waals surface area contributed by atoms with Crippen molar-refractivity contribution in [3.63, 3.8) is 0 Å². The Hall–Kier alpha value is -2.40. The first kappa shape index (κ1) is 20.3. The predicted octanol–water partition coefficient (Wildman–Crippen LogP) is 0.693. The monoisotopic (exact) mass is 426 g/mol. The van der Waals surface area contributed by atoms with Crippen LogP contribution in [-0.2, 0) is 26.0 Å². The van der Waals surface area contributed by atoms with Gasteiger partial charge < -0.3 is 9.72 Å². The van der Waals surface area contributed by atoms with Gasteiger partial charge in [-0.1, -0.05) is 23.7 Å². The van der Waals surface area contributed by atoms with Crippen LogP contribution in [-0.4, -0.2) is 55.8 Å². The highest BCUT2D eigenvalue weighted by Gasteiger charge is 2.28. The molecule has 1 saturated heterocycles. The van der Waals surface area contributed by atoms with Gasteiger partial charge in [-0.2, -0.15) is 4.31 Å². The first-order valence-corrected chi connectivity index (χ1v) is 10.3. The van der Waals surface area contributed by atoms with E-state index in [2.05, 4.69) is 15.8 Å². The third-order valence-electron chi connectivity index (χ3n) is 4.10. The van der Waals surface area contributed by atoms with Crippen molar-refractivity contribution in [2.75, 3.05) is 26.3 Å². The summed E-state index contributed by atoms with van der Waals surface area (Å²) in [5.74, 6) is -1.09. The fraction of sp³-hybridized carbons (Fsp3) is 0.294. The van der Waals surface area contributed by atoms with E-state index in [1.165, 1.54) is 16.6 Å². The number of rotatable bonds is 5. The lowest BCUT2D eigenvalue weighted by Crippen LogP contribution is -2.42. The van der Waals surface area contributed by atoms with E-state index in [1.807, 2.05) is 0 Å². The van der Waals surface area contributed by atoms with Gasteiger partial charge in [0, 0.05) is 24.3 Å². The summed E-state index contributed by atoms with van der Waals surface area (Å²) < 4.78 is 31.6. The molecular formula is C17H19ClN4O5S. The molecule has 28 heavy (non-hydrogen) atoms. The minimum absolute atomic E-state index is 0.0126. The van der Waals surface area contributed by atoms with Gasteiger partial charge in [-0.3, -0.25) is 20.4 Å². The molecule has 1 aromatic carbocycles. The molecule has 11 heteroatoms. The van der Waals surface area contributed by atoms with Gasteiger partial charge in [0.25, 0.3) is 5.91 Å². The minimum atomic E-state index is -3.71. The van der Waals surface area contributed by atoms with Crippen molar-refractivity contribution in [1.82, 2.24) is 20.1 Å². The molecule has 0 saturated carbocycles. The highest BCUT2D eigenvalue weighted by atomic mass is 35.5. The van der Waals surface area contributed by atoms with Gasteiger partial charge in [-0.25, -0.2) is 8.42 Å². The molecule has 0 atom stereocenters. The van der Waals surface area contributed by atoms with Crippen LogP contribution >= 0.6 is 11.6 Å². The SMILES string of the molecule is O=C(Cc1ccc(Cl)cc1)NNC(=O)c1cc(S(=O)(=O)N2CCOCC2)c[nH]1. The van der Waals surface area contributed by atoms with Crippen molar-refractivity contribution >= 4 is 33.4 Å². The third-order valence-corrected chi connectivity index (χ3v) is 6.23. The number of hydrazine groups is 1. The molecule has 1 aliphatic heterocycles. The molecule has 9 nitrogen and oxygen atoms in total. The number of benzene rings is 1. The average molecular weight is 427 g/mol. The van der Waals surface area contributed by atoms with Crippen molar-refractivity contribution in [2.45, 2.75) is 11.3 Å². The van der Waals surface area contributed by atoms with Gasteiger partial charge >= 0.3 is 0 Å². The number of hydrogen-bond donors (Lipinski definition) is 3. The van der Waals surface area contributed by atoms with Gasteiger partial charge in [0.05, 0.1) is 19.6 Å². The number of carbonyl (C=O) groups is 2. The number of carbonyl (C=O) groups excluding carboxylic acids is 2. The Morgan fingerprint density at radius 3 is 2.50 bits per heavy atom. The highest BCUT2D eigenvalue weighted by Crippen LogP contribution is 2.18. The van der Waals surface area contributed by atoms with Crippen LogP contribution in [0.1, 0.15) is 16.1 Å². The van der Waals surface area contributed by atoms with Crippen LogP contribution < -0.4 is 10.9 Å². The maximum absolute atomic E-state index is 12.6. The van der Waals surface area contributed by atoms with E-state index < -0.39 is 21.8 Å². The first-order valence-electron chi connectivity index (χ1n) is 8.46. The van der Waals surface area contributed by atoms with Crippen LogP contribution in [0.2, 0.25) is 5.02 Å². The lowest BCUT2D eigenvalue weighted by Gasteiger charge is -2.25. The fourth-order valence-corrected chi connectivity index (χ4v) is 4.14. The van der Waals surface area contributed by atoms with Crippen LogP contribution in [0, 0.1) is 0 Å². The Balaban J connectivity index is 1.56. The van der Waals surface area contributed by atoms with E-state index in [4.69, 9.17) is 16.3 Å². The molecule has 3 rings (SSSR count). The molecule has 150 valence electrons. The zero-order chi connectivity index (χ0) is 20.1. The maximum Gasteiger partial charge on any atom is 0.286 e. The number of nitrogens with zero attached hydrogens (tertiary/aromatic N) is 1. The Labute approximate surface area is 167 Å². The van der Waals surface area contributed by atoms with Gasteiger partial charge in [0.15, 0.2) is 0 Å². The first-order chi connectivity index (χ1) is 13.4. The normalized spacial score (nSPS) is 15.2. The molecule has 0 bridgehead atoms. The number of H-pyrrole nitrogens is 1. The van der Waals surface area contributed by atoms with Crippen molar-refractivity contribution in [3.8, 4) is 0 Å². The van der Waals surface area contributed by atoms with Crippen LogP contribution in [0.3, 0.4) is 0 Å². The third kappa shape index (κ3) is 4.90. The summed E-state index contributed by atoms with van der Waals surface area (Å²) in [4.78, 5) is 26.7. The molecule has 3 N–H and O–H groups in total. The van der Waals surface area contributed by atoms with Crippen molar-refractivity contribution < 1.29 is 22.7 Å². The number of hydrogen-bond acceptors (Lipinski definition) is 5. The molecule has 2 aromatic rings. The van der Waals surface area contributed by atoms with Gasteiger partial charge in [0.2, 0.25) is 15.9 Å². The molecular weight excluding hydrogens is 408 g/mol. The topological polar surface area (TPSA) is 121 Å². The van der Waals surface area contributed by atoms with Crippen LogP contribution in [0.5, 0.6) is 0 Å². The van der Waals surface area contributed by atoms with Crippen LogP contribution in [0.25, 0.3) is 0 Å². The fourth-order valence-electron chi connectivity index (χ4n) is 2.62. The van der Waals surface area contributed by atoms with E-state index in [0.717, 1.165) is 5.56 Å². The van der Waals surface area contributed by atoms with E-state index in [-0.39, 0.29) is 30.1 Å². The van der Waals surface area contributed by atoms with Crippen LogP contribution in [0.4, 0.5) is 0 Å². The second-order valence-corrected chi connectivity index (χ2v) is 8.45. The molecule has 1 aliphatic rings. The standard InChI is InChI=1S/C17H19ClN4O5S/c18-13-3-1-12(2-4-13)9-16(23)20-21-17(24)15-10-14(11-19-15)28(25,26)22-5-7-27-8-6-22/h1-4,10-11,19H,5-9H2,(H,20,23)(H,21,24). The van der Waals surface area contributed by atoms with E-state index in [0.29, 0.717) is 18.2 Å². The Morgan fingerprint density at radius 2 is 1.82 bits per heavy atom. The Morgan fingerprint density at radius 1 is 1.14 bits per heavy atom. The number of amides is 2. The summed E-state index contributed by atoms with van der Waals surface area (Å²) in [6.45, 7) is 1.18. The number of sulfonamides is 1. The lowest BCUT2D eigenvalue weighted by molar-refractivity contribution is -0.121. The smallest absolute Gasteiger partial charge is 0.286 e. The molecule has 2 heterocycles. The summed E-state index contributed by atoms with van der Waals surface area (Å²) in [5.41, 5.74) is 5.28. The number of morpholine rings is 1. The van der Waals surface area contributed by atoms with Crippen molar-refractivity contribution in [2.24, 2.45) is 0 Å². The van der Waals surface area contributed by atoms with E-state index in [9.17, 15) is 18.0 Å². The Bertz CT molecular complexity index is 952. The zero-order valence-electron chi connectivity index (χ0n) is 14.8. The van der Waals surface area contributed by atoms with Gasteiger partial charge in [-0.15, -0.1) is 0 Å². The van der Waals surface area contributed by atoms with E-state index >= 15 is 0 Å². The van der Waals surface area contributed by atoms with Gasteiger partial charge in [-0.05, 0) is 23.8 Å². The second-order valence-electron chi connectivity index (χ2n) is 6.07. The predicted molar refractivity (Wildman–Crippen MR) is 101 cm³/mol. The van der Waals surface area contributed by atoms with Crippen LogP contribution in [0.15, 0.2) is 41.4 Å². The quantitative estimate of drug-likeness (QED) is 0.607. The second kappa shape index (κ2) is 8.74. The van der Waals surface area contributed by atoms with Crippen molar-refractivity contribution in [3.05, 3.63) is 52.8 Å². The Kier molecular flexibility index (Phi) is 6.35. The lowest BCUT2D eigenvalue weighted by atomic mass is 10.1. The molecule has 1 aromatic heterocycles. The molecule has 0 radical (unpaired) electrons. The molecule has 0 aliphatic carbocycles. The summed E-state index contributed by atoms with van der Waals surface area (Å²) in [7, 11) is -3.71. The molecule has 1 fully saturated rings. The van der Waals surface area contributed by atoms with E-state index in [1.54, 1.807) is 24.3 Å². The zero-order valence-corrected chi connectivity index (χ0v) is 16.3.